The second kappa shape index (κ2) is 10.6. The van der Waals surface area contributed by atoms with E-state index >= 15 is 0 Å². The van der Waals surface area contributed by atoms with Crippen molar-refractivity contribution in [2.75, 3.05) is 18.2 Å². The van der Waals surface area contributed by atoms with Crippen LogP contribution < -0.4 is 5.32 Å². The molecule has 1 aromatic carbocycles. The fourth-order valence-electron chi connectivity index (χ4n) is 2.70. The average molecular weight is 477 g/mol. The fraction of sp³-hybridized carbons (Fsp3) is 0.444. The molecule has 1 aliphatic rings. The summed E-state index contributed by atoms with van der Waals surface area (Å²) >= 11 is 1.46. The van der Waals surface area contributed by atoms with E-state index in [0.29, 0.717) is 11.8 Å². The molecule has 0 aliphatic carbocycles. The van der Waals surface area contributed by atoms with Gasteiger partial charge >= 0.3 is 6.18 Å². The highest BCUT2D eigenvalue weighted by atomic mass is 32.2. The minimum atomic E-state index is -4.80. The van der Waals surface area contributed by atoms with Gasteiger partial charge in [-0.05, 0) is 24.5 Å². The maximum atomic E-state index is 13.7. The van der Waals surface area contributed by atoms with E-state index in [-0.39, 0.29) is 21.2 Å². The summed E-state index contributed by atoms with van der Waals surface area (Å²) in [7, 11) is 0. The lowest BCUT2D eigenvalue weighted by Gasteiger charge is -2.39. The van der Waals surface area contributed by atoms with Gasteiger partial charge in [0.1, 0.15) is 47.0 Å². The summed E-state index contributed by atoms with van der Waals surface area (Å²) in [6.45, 7) is -0.707. The van der Waals surface area contributed by atoms with Gasteiger partial charge < -0.3 is 30.5 Å². The topological polar surface area (TPSA) is 150 Å². The zero-order valence-electron chi connectivity index (χ0n) is 15.9. The van der Waals surface area contributed by atoms with E-state index in [2.05, 4.69) is 5.32 Å². The fourth-order valence-corrected chi connectivity index (χ4v) is 4.41. The number of anilines is 1. The summed E-state index contributed by atoms with van der Waals surface area (Å²) in [6.07, 6.45) is -9.56. The molecular formula is C18H18F3N3O5S2. The molecule has 0 aromatic heterocycles. The van der Waals surface area contributed by atoms with Crippen LogP contribution in [0.25, 0.3) is 0 Å². The molecule has 168 valence electrons. The molecule has 0 bridgehead atoms. The third kappa shape index (κ3) is 5.84. The number of aliphatic hydroxyl groups is 4. The number of hydrogen-bond donors (Lipinski definition) is 5. The Hall–Kier alpha value is -1.97. The molecule has 2 rings (SSSR count). The molecule has 1 heterocycles. The van der Waals surface area contributed by atoms with Crippen LogP contribution in [0.15, 0.2) is 33.7 Å². The molecule has 0 spiro atoms. The van der Waals surface area contributed by atoms with E-state index in [1.807, 2.05) is 0 Å². The van der Waals surface area contributed by atoms with E-state index in [0.717, 1.165) is 23.9 Å². The first-order valence-corrected chi connectivity index (χ1v) is 10.7. The Labute approximate surface area is 183 Å². The third-order valence-electron chi connectivity index (χ3n) is 4.29. The first-order chi connectivity index (χ1) is 14.6. The molecule has 5 atom stereocenters. The van der Waals surface area contributed by atoms with Crippen molar-refractivity contribution in [3.63, 3.8) is 0 Å². The van der Waals surface area contributed by atoms with E-state index in [1.165, 1.54) is 6.07 Å². The molecule has 5 N–H and O–H groups in total. The quantitative estimate of drug-likeness (QED) is 0.383. The summed E-state index contributed by atoms with van der Waals surface area (Å²) < 4.78 is 46.3. The number of hydrogen-bond acceptors (Lipinski definition) is 10. The third-order valence-corrected chi connectivity index (χ3v) is 6.24. The number of aliphatic hydroxyl groups excluding tert-OH is 4. The number of ether oxygens (including phenoxy) is 1. The number of rotatable bonds is 6. The van der Waals surface area contributed by atoms with Gasteiger partial charge in [0.2, 0.25) is 0 Å². The van der Waals surface area contributed by atoms with Crippen molar-refractivity contribution in [1.82, 2.24) is 0 Å². The van der Waals surface area contributed by atoms with Crippen LogP contribution in [0.3, 0.4) is 0 Å². The van der Waals surface area contributed by atoms with Crippen molar-refractivity contribution in [3.8, 4) is 12.1 Å². The summed E-state index contributed by atoms with van der Waals surface area (Å²) in [5.41, 5.74) is -2.80. The number of nitrogens with zero attached hydrogens (tertiary/aromatic N) is 2. The Bertz CT molecular complexity index is 898. The van der Waals surface area contributed by atoms with Crippen molar-refractivity contribution in [2.45, 2.75) is 40.9 Å². The van der Waals surface area contributed by atoms with Crippen LogP contribution in [0.4, 0.5) is 18.9 Å². The predicted octanol–water partition coefficient (Wildman–Crippen LogP) is 1.63. The van der Waals surface area contributed by atoms with Gasteiger partial charge in [-0.3, -0.25) is 0 Å². The van der Waals surface area contributed by atoms with Gasteiger partial charge in [0.05, 0.1) is 12.2 Å². The van der Waals surface area contributed by atoms with Crippen LogP contribution >= 0.6 is 23.5 Å². The smallest absolute Gasteiger partial charge is 0.394 e. The maximum absolute atomic E-state index is 13.7. The second-order valence-corrected chi connectivity index (χ2v) is 8.24. The first kappa shape index (κ1) is 25.3. The lowest BCUT2D eigenvalue weighted by molar-refractivity contribution is -0.205. The minimum absolute atomic E-state index is 0.0298. The Morgan fingerprint density at radius 2 is 1.81 bits per heavy atom. The van der Waals surface area contributed by atoms with Gasteiger partial charge in [-0.25, -0.2) is 0 Å². The molecule has 31 heavy (non-hydrogen) atoms. The standard InChI is InChI=1S/C18H18F3N3O5S2/c1-30-16(8(5-22)6-23)24-9-2-3-12(10(4-9)18(19,20)21)31-17-15(28)14(27)13(26)11(7-25)29-17/h2-4,11,13-15,17,24-28H,7H2,1H3. The van der Waals surface area contributed by atoms with E-state index in [1.54, 1.807) is 18.4 Å². The molecule has 0 amide bonds. The van der Waals surface area contributed by atoms with Crippen molar-refractivity contribution in [1.29, 1.82) is 10.5 Å². The molecule has 5 unspecified atom stereocenters. The van der Waals surface area contributed by atoms with E-state index in [4.69, 9.17) is 15.3 Å². The Morgan fingerprint density at radius 1 is 1.16 bits per heavy atom. The van der Waals surface area contributed by atoms with Gasteiger partial charge in [0.15, 0.2) is 5.57 Å². The lowest BCUT2D eigenvalue weighted by atomic mass is 10.0. The van der Waals surface area contributed by atoms with Crippen LogP contribution in [0, 0.1) is 22.7 Å². The number of alkyl halides is 3. The average Bonchev–Trinajstić information content (AvgIpc) is 2.74. The minimum Gasteiger partial charge on any atom is -0.394 e. The monoisotopic (exact) mass is 477 g/mol. The van der Waals surface area contributed by atoms with Crippen molar-refractivity contribution < 1.29 is 38.3 Å². The maximum Gasteiger partial charge on any atom is 0.417 e. The van der Waals surface area contributed by atoms with Crippen molar-refractivity contribution >= 4 is 29.2 Å². The molecule has 1 aromatic rings. The molecule has 0 saturated carbocycles. The van der Waals surface area contributed by atoms with Gasteiger partial charge in [-0.2, -0.15) is 23.7 Å². The number of halogens is 3. The molecule has 13 heteroatoms. The van der Waals surface area contributed by atoms with Crippen molar-refractivity contribution in [3.05, 3.63) is 34.4 Å². The Kier molecular flexibility index (Phi) is 8.62. The molecular weight excluding hydrogens is 459 g/mol. The number of allylic oxidation sites excluding steroid dienone is 1. The van der Waals surface area contributed by atoms with Crippen molar-refractivity contribution in [2.24, 2.45) is 0 Å². The van der Waals surface area contributed by atoms with Gasteiger partial charge in [-0.15, -0.1) is 11.8 Å². The number of nitriles is 2. The molecule has 1 fully saturated rings. The summed E-state index contributed by atoms with van der Waals surface area (Å²) in [4.78, 5) is -0.335. The van der Waals surface area contributed by atoms with E-state index in [9.17, 15) is 33.6 Å². The van der Waals surface area contributed by atoms with E-state index < -0.39 is 48.2 Å². The summed E-state index contributed by atoms with van der Waals surface area (Å²) in [5.74, 6) is 0. The molecule has 1 saturated heterocycles. The Morgan fingerprint density at radius 3 is 2.32 bits per heavy atom. The van der Waals surface area contributed by atoms with Crippen LogP contribution in [-0.4, -0.2) is 63.1 Å². The zero-order valence-corrected chi connectivity index (χ0v) is 17.5. The normalized spacial score (nSPS) is 25.9. The van der Waals surface area contributed by atoms with Crippen LogP contribution in [0.1, 0.15) is 5.56 Å². The van der Waals surface area contributed by atoms with Crippen LogP contribution in [0.2, 0.25) is 0 Å². The molecule has 0 radical (unpaired) electrons. The van der Waals surface area contributed by atoms with Gasteiger partial charge in [0.25, 0.3) is 0 Å². The SMILES string of the molecule is CSC(Nc1ccc(SC2OC(CO)C(O)C(O)C2O)c(C(F)(F)F)c1)=C(C#N)C#N. The zero-order chi connectivity index (χ0) is 23.3. The summed E-state index contributed by atoms with van der Waals surface area (Å²) in [5, 5.41) is 59.6. The number of thioether (sulfide) groups is 2. The predicted molar refractivity (Wildman–Crippen MR) is 106 cm³/mol. The molecule has 1 aliphatic heterocycles. The number of benzene rings is 1. The number of nitrogens with one attached hydrogen (secondary N) is 1. The largest absolute Gasteiger partial charge is 0.417 e. The van der Waals surface area contributed by atoms with Gasteiger partial charge in [0, 0.05) is 10.6 Å². The Balaban J connectivity index is 2.38. The van der Waals surface area contributed by atoms with Crippen LogP contribution in [0.5, 0.6) is 0 Å². The van der Waals surface area contributed by atoms with Crippen LogP contribution in [-0.2, 0) is 10.9 Å². The first-order valence-electron chi connectivity index (χ1n) is 8.61. The summed E-state index contributed by atoms with van der Waals surface area (Å²) in [6, 6.07) is 6.47. The highest BCUT2D eigenvalue weighted by molar-refractivity contribution is 8.02. The highest BCUT2D eigenvalue weighted by Crippen LogP contribution is 2.42. The second-order valence-electron chi connectivity index (χ2n) is 6.28. The molecule has 8 nitrogen and oxygen atoms in total. The van der Waals surface area contributed by atoms with Gasteiger partial charge in [-0.1, -0.05) is 11.8 Å². The highest BCUT2D eigenvalue weighted by Gasteiger charge is 2.45. The lowest BCUT2D eigenvalue weighted by Crippen LogP contribution is -2.57.